The molecular weight excluding hydrogens is 272 g/mol. The Kier molecular flexibility index (Phi) is 5.38. The number of hydrogen-bond acceptors (Lipinski definition) is 6. The zero-order valence-electron chi connectivity index (χ0n) is 12.5. The van der Waals surface area contributed by atoms with Crippen molar-refractivity contribution < 1.29 is 19.4 Å². The molecule has 2 rings (SSSR count). The van der Waals surface area contributed by atoms with E-state index in [1.165, 1.54) is 14.2 Å². The van der Waals surface area contributed by atoms with Crippen LogP contribution in [-0.2, 0) is 4.74 Å². The number of esters is 1. The Labute approximate surface area is 124 Å². The SMILES string of the molecule is COC(=O)c1ccc(NCC2CCCC(O)C2)nc1OC. The van der Waals surface area contributed by atoms with Crippen LogP contribution in [0, 0.1) is 5.92 Å². The summed E-state index contributed by atoms with van der Waals surface area (Å²) in [5.74, 6) is 0.873. The maximum absolute atomic E-state index is 11.6. The summed E-state index contributed by atoms with van der Waals surface area (Å²) in [6, 6.07) is 3.36. The number of methoxy groups -OCH3 is 2. The van der Waals surface area contributed by atoms with Gasteiger partial charge in [-0.1, -0.05) is 6.42 Å². The van der Waals surface area contributed by atoms with Crippen molar-refractivity contribution in [2.24, 2.45) is 5.92 Å². The second kappa shape index (κ2) is 7.26. The summed E-state index contributed by atoms with van der Waals surface area (Å²) in [4.78, 5) is 15.8. The second-order valence-electron chi connectivity index (χ2n) is 5.31. The molecule has 1 fully saturated rings. The van der Waals surface area contributed by atoms with Gasteiger partial charge in [0.25, 0.3) is 0 Å². The molecule has 1 aliphatic carbocycles. The van der Waals surface area contributed by atoms with Gasteiger partial charge in [0.05, 0.1) is 20.3 Å². The van der Waals surface area contributed by atoms with E-state index in [9.17, 15) is 9.90 Å². The molecule has 1 aromatic rings. The highest BCUT2D eigenvalue weighted by Gasteiger charge is 2.20. The maximum Gasteiger partial charge on any atom is 0.343 e. The van der Waals surface area contributed by atoms with Crippen LogP contribution in [-0.4, -0.2) is 42.9 Å². The van der Waals surface area contributed by atoms with Crippen LogP contribution in [0.2, 0.25) is 0 Å². The minimum Gasteiger partial charge on any atom is -0.480 e. The first-order valence-corrected chi connectivity index (χ1v) is 7.19. The van der Waals surface area contributed by atoms with Crippen LogP contribution in [0.4, 0.5) is 5.82 Å². The van der Waals surface area contributed by atoms with Crippen molar-refractivity contribution in [1.29, 1.82) is 0 Å². The third-order valence-corrected chi connectivity index (χ3v) is 3.79. The summed E-state index contributed by atoms with van der Waals surface area (Å²) in [5, 5.41) is 12.9. The van der Waals surface area contributed by atoms with E-state index >= 15 is 0 Å². The number of anilines is 1. The zero-order valence-corrected chi connectivity index (χ0v) is 12.5. The van der Waals surface area contributed by atoms with Gasteiger partial charge in [-0.25, -0.2) is 4.79 Å². The van der Waals surface area contributed by atoms with E-state index in [-0.39, 0.29) is 12.0 Å². The van der Waals surface area contributed by atoms with Crippen molar-refractivity contribution in [3.63, 3.8) is 0 Å². The summed E-state index contributed by atoms with van der Waals surface area (Å²) in [6.07, 6.45) is 3.71. The topological polar surface area (TPSA) is 80.7 Å². The van der Waals surface area contributed by atoms with Gasteiger partial charge in [-0.05, 0) is 37.3 Å². The van der Waals surface area contributed by atoms with Crippen LogP contribution in [0.3, 0.4) is 0 Å². The summed E-state index contributed by atoms with van der Waals surface area (Å²) < 4.78 is 9.80. The average Bonchev–Trinajstić information content (AvgIpc) is 2.52. The number of nitrogens with one attached hydrogen (secondary N) is 1. The highest BCUT2D eigenvalue weighted by atomic mass is 16.5. The van der Waals surface area contributed by atoms with Crippen LogP contribution in [0.15, 0.2) is 12.1 Å². The van der Waals surface area contributed by atoms with Crippen LogP contribution in [0.1, 0.15) is 36.0 Å². The molecular formula is C15H22N2O4. The Hall–Kier alpha value is -1.82. The number of carbonyl (C=O) groups is 1. The van der Waals surface area contributed by atoms with E-state index in [0.717, 1.165) is 32.2 Å². The molecule has 0 amide bonds. The van der Waals surface area contributed by atoms with Crippen LogP contribution >= 0.6 is 0 Å². The molecule has 1 aromatic heterocycles. The molecule has 1 aliphatic rings. The average molecular weight is 294 g/mol. The van der Waals surface area contributed by atoms with Gasteiger partial charge in [-0.3, -0.25) is 0 Å². The predicted octanol–water partition coefficient (Wildman–Crippen LogP) is 1.84. The Morgan fingerprint density at radius 2 is 2.24 bits per heavy atom. The lowest BCUT2D eigenvalue weighted by atomic mass is 9.87. The number of pyridine rings is 1. The minimum atomic E-state index is -0.471. The lowest BCUT2D eigenvalue weighted by molar-refractivity contribution is 0.0596. The van der Waals surface area contributed by atoms with Crippen LogP contribution < -0.4 is 10.1 Å². The second-order valence-corrected chi connectivity index (χ2v) is 5.31. The smallest absolute Gasteiger partial charge is 0.343 e. The fourth-order valence-corrected chi connectivity index (χ4v) is 2.66. The number of hydrogen-bond donors (Lipinski definition) is 2. The predicted molar refractivity (Wildman–Crippen MR) is 78.6 cm³/mol. The molecule has 6 heteroatoms. The summed E-state index contributed by atoms with van der Waals surface area (Å²) in [6.45, 7) is 0.755. The Morgan fingerprint density at radius 1 is 1.43 bits per heavy atom. The number of aliphatic hydroxyl groups is 1. The van der Waals surface area contributed by atoms with Crippen molar-refractivity contribution in [2.75, 3.05) is 26.1 Å². The first-order chi connectivity index (χ1) is 10.1. The van der Waals surface area contributed by atoms with E-state index in [0.29, 0.717) is 17.3 Å². The van der Waals surface area contributed by atoms with E-state index in [2.05, 4.69) is 15.0 Å². The van der Waals surface area contributed by atoms with E-state index in [4.69, 9.17) is 4.74 Å². The lowest BCUT2D eigenvalue weighted by Crippen LogP contribution is -2.25. The van der Waals surface area contributed by atoms with E-state index < -0.39 is 5.97 Å². The molecule has 1 heterocycles. The molecule has 2 N–H and O–H groups in total. The highest BCUT2D eigenvalue weighted by molar-refractivity contribution is 5.92. The van der Waals surface area contributed by atoms with Crippen LogP contribution in [0.25, 0.3) is 0 Å². The first kappa shape index (κ1) is 15.6. The molecule has 0 spiro atoms. The quantitative estimate of drug-likeness (QED) is 0.807. The van der Waals surface area contributed by atoms with Gasteiger partial charge >= 0.3 is 5.97 Å². The van der Waals surface area contributed by atoms with Crippen molar-refractivity contribution >= 4 is 11.8 Å². The number of ether oxygens (including phenoxy) is 2. The molecule has 0 bridgehead atoms. The Balaban J connectivity index is 1.99. The number of aliphatic hydroxyl groups excluding tert-OH is 1. The summed E-state index contributed by atoms with van der Waals surface area (Å²) in [5.41, 5.74) is 0.304. The molecule has 6 nitrogen and oxygen atoms in total. The highest BCUT2D eigenvalue weighted by Crippen LogP contribution is 2.25. The van der Waals surface area contributed by atoms with E-state index in [1.54, 1.807) is 12.1 Å². The van der Waals surface area contributed by atoms with Crippen molar-refractivity contribution in [3.8, 4) is 5.88 Å². The minimum absolute atomic E-state index is 0.185. The number of aromatic nitrogens is 1. The Morgan fingerprint density at radius 3 is 2.90 bits per heavy atom. The van der Waals surface area contributed by atoms with Gasteiger partial charge in [0.1, 0.15) is 11.4 Å². The molecule has 0 aromatic carbocycles. The maximum atomic E-state index is 11.6. The normalized spacial score (nSPS) is 21.7. The van der Waals surface area contributed by atoms with Gasteiger partial charge in [0, 0.05) is 6.54 Å². The molecule has 21 heavy (non-hydrogen) atoms. The summed E-state index contributed by atoms with van der Waals surface area (Å²) in [7, 11) is 2.79. The van der Waals surface area contributed by atoms with Crippen molar-refractivity contribution in [1.82, 2.24) is 4.98 Å². The van der Waals surface area contributed by atoms with Gasteiger partial charge in [-0.2, -0.15) is 4.98 Å². The van der Waals surface area contributed by atoms with Gasteiger partial charge < -0.3 is 19.9 Å². The van der Waals surface area contributed by atoms with Crippen LogP contribution in [0.5, 0.6) is 5.88 Å². The molecule has 2 atom stereocenters. The Bertz CT molecular complexity index is 493. The molecule has 1 saturated carbocycles. The number of rotatable bonds is 5. The van der Waals surface area contributed by atoms with Gasteiger partial charge in [-0.15, -0.1) is 0 Å². The molecule has 2 unspecified atom stereocenters. The largest absolute Gasteiger partial charge is 0.480 e. The lowest BCUT2D eigenvalue weighted by Gasteiger charge is -2.26. The fourth-order valence-electron chi connectivity index (χ4n) is 2.66. The zero-order chi connectivity index (χ0) is 15.2. The monoisotopic (exact) mass is 294 g/mol. The number of carbonyl (C=O) groups excluding carboxylic acids is 1. The number of nitrogens with zero attached hydrogens (tertiary/aromatic N) is 1. The standard InChI is InChI=1S/C15H22N2O4/c1-20-14-12(15(19)21-2)6-7-13(17-14)16-9-10-4-3-5-11(18)8-10/h6-7,10-11,18H,3-5,8-9H2,1-2H3,(H,16,17). The third-order valence-electron chi connectivity index (χ3n) is 3.79. The third kappa shape index (κ3) is 4.07. The van der Waals surface area contributed by atoms with Gasteiger partial charge in [0.15, 0.2) is 0 Å². The van der Waals surface area contributed by atoms with Crippen molar-refractivity contribution in [3.05, 3.63) is 17.7 Å². The summed E-state index contributed by atoms with van der Waals surface area (Å²) >= 11 is 0. The van der Waals surface area contributed by atoms with Gasteiger partial charge in [0.2, 0.25) is 5.88 Å². The van der Waals surface area contributed by atoms with E-state index in [1.807, 2.05) is 0 Å². The fraction of sp³-hybridized carbons (Fsp3) is 0.600. The molecule has 0 aliphatic heterocycles. The first-order valence-electron chi connectivity index (χ1n) is 7.19. The molecule has 0 saturated heterocycles. The van der Waals surface area contributed by atoms with Crippen molar-refractivity contribution in [2.45, 2.75) is 31.8 Å². The molecule has 0 radical (unpaired) electrons. The molecule has 116 valence electrons.